The van der Waals surface area contributed by atoms with Gasteiger partial charge in [0.15, 0.2) is 5.82 Å². The van der Waals surface area contributed by atoms with E-state index in [1.165, 1.54) is 12.8 Å². The van der Waals surface area contributed by atoms with Gasteiger partial charge >= 0.3 is 0 Å². The Hall–Kier alpha value is -1.36. The summed E-state index contributed by atoms with van der Waals surface area (Å²) in [5, 5.41) is 6.51. The average Bonchev–Trinajstić information content (AvgIpc) is 2.73. The van der Waals surface area contributed by atoms with Crippen molar-refractivity contribution in [3.05, 3.63) is 11.8 Å². The number of rotatable bonds is 8. The van der Waals surface area contributed by atoms with Crippen LogP contribution in [-0.4, -0.2) is 35.1 Å². The van der Waals surface area contributed by atoms with Crippen LogP contribution in [0.3, 0.4) is 0 Å². The normalized spacial score (nSPS) is 11.3. The van der Waals surface area contributed by atoms with E-state index in [0.717, 1.165) is 13.0 Å². The van der Waals surface area contributed by atoms with Crippen molar-refractivity contribution in [1.29, 1.82) is 0 Å². The highest BCUT2D eigenvalue weighted by atomic mass is 16.5. The van der Waals surface area contributed by atoms with Gasteiger partial charge in [0.25, 0.3) is 0 Å². The molecular formula is C14H25N3O2. The lowest BCUT2D eigenvalue weighted by Crippen LogP contribution is -2.38. The van der Waals surface area contributed by atoms with Crippen molar-refractivity contribution in [3.8, 4) is 0 Å². The van der Waals surface area contributed by atoms with Crippen molar-refractivity contribution < 1.29 is 9.32 Å². The molecule has 1 aromatic heterocycles. The molecule has 0 bridgehead atoms. The van der Waals surface area contributed by atoms with Crippen LogP contribution in [0.2, 0.25) is 0 Å². The summed E-state index contributed by atoms with van der Waals surface area (Å²) in [4.78, 5) is 14.1. The molecule has 0 aliphatic heterocycles. The number of aromatic nitrogens is 1. The molecule has 19 heavy (non-hydrogen) atoms. The molecule has 1 rings (SSSR count). The minimum absolute atomic E-state index is 0.0431. The zero-order valence-electron chi connectivity index (χ0n) is 12.4. The number of carbonyl (C=O) groups excluding carboxylic acids is 1. The van der Waals surface area contributed by atoms with E-state index in [9.17, 15) is 4.79 Å². The van der Waals surface area contributed by atoms with Crippen LogP contribution in [-0.2, 0) is 4.79 Å². The van der Waals surface area contributed by atoms with Gasteiger partial charge in [0.2, 0.25) is 5.91 Å². The first-order valence-electron chi connectivity index (χ1n) is 7.00. The minimum Gasteiger partial charge on any atom is -0.360 e. The molecule has 0 aliphatic carbocycles. The summed E-state index contributed by atoms with van der Waals surface area (Å²) < 4.78 is 4.92. The summed E-state index contributed by atoms with van der Waals surface area (Å²) in [6.45, 7) is 9.55. The monoisotopic (exact) mass is 267 g/mol. The molecule has 0 fully saturated rings. The maximum atomic E-state index is 11.9. The molecule has 1 aromatic rings. The summed E-state index contributed by atoms with van der Waals surface area (Å²) in [6, 6.07) is 2.08. The third-order valence-electron chi connectivity index (χ3n) is 3.02. The smallest absolute Gasteiger partial charge is 0.239 e. The van der Waals surface area contributed by atoms with Crippen molar-refractivity contribution in [3.63, 3.8) is 0 Å². The molecule has 5 heteroatoms. The highest BCUT2D eigenvalue weighted by Crippen LogP contribution is 2.08. The number of nitrogens with zero attached hydrogens (tertiary/aromatic N) is 2. The Labute approximate surface area is 115 Å². The second kappa shape index (κ2) is 7.94. The lowest BCUT2D eigenvalue weighted by atomic mass is 10.2. The Bertz CT molecular complexity index is 388. The third-order valence-corrected chi connectivity index (χ3v) is 3.02. The molecule has 1 heterocycles. The number of hydrogen-bond acceptors (Lipinski definition) is 4. The van der Waals surface area contributed by atoms with Gasteiger partial charge in [-0.1, -0.05) is 24.9 Å². The summed E-state index contributed by atoms with van der Waals surface area (Å²) in [5.74, 6) is 1.14. The first kappa shape index (κ1) is 15.7. The second-order valence-corrected chi connectivity index (χ2v) is 5.14. The molecule has 0 saturated heterocycles. The summed E-state index contributed by atoms with van der Waals surface area (Å²) in [5.41, 5.74) is 0. The zero-order valence-corrected chi connectivity index (χ0v) is 12.4. The Balaban J connectivity index is 2.42. The maximum Gasteiger partial charge on any atom is 0.239 e. The van der Waals surface area contributed by atoms with Crippen LogP contribution in [0.5, 0.6) is 0 Å². The number of anilines is 1. The van der Waals surface area contributed by atoms with E-state index < -0.39 is 0 Å². The summed E-state index contributed by atoms with van der Waals surface area (Å²) in [7, 11) is 0. The summed E-state index contributed by atoms with van der Waals surface area (Å²) >= 11 is 0. The minimum atomic E-state index is -0.0431. The number of aryl methyl sites for hydroxylation is 1. The van der Waals surface area contributed by atoms with Crippen molar-refractivity contribution in [2.24, 2.45) is 0 Å². The van der Waals surface area contributed by atoms with Crippen molar-refractivity contribution in [2.45, 2.75) is 53.0 Å². The number of hydrogen-bond donors (Lipinski definition) is 1. The van der Waals surface area contributed by atoms with Crippen LogP contribution in [0.25, 0.3) is 0 Å². The van der Waals surface area contributed by atoms with Gasteiger partial charge in [-0.15, -0.1) is 0 Å². The Morgan fingerprint density at radius 1 is 1.47 bits per heavy atom. The standard InChI is InChI=1S/C14H25N3O2/c1-5-6-7-8-17(11(2)3)10-14(18)15-13-9-12(4)19-16-13/h9,11H,5-8,10H2,1-4H3,(H,15,16,18). The van der Waals surface area contributed by atoms with E-state index in [-0.39, 0.29) is 5.91 Å². The molecule has 0 atom stereocenters. The topological polar surface area (TPSA) is 58.4 Å². The quantitative estimate of drug-likeness (QED) is 0.736. The molecule has 0 aromatic carbocycles. The van der Waals surface area contributed by atoms with E-state index >= 15 is 0 Å². The molecule has 108 valence electrons. The molecule has 0 radical (unpaired) electrons. The van der Waals surface area contributed by atoms with Gasteiger partial charge in [-0.3, -0.25) is 9.69 Å². The van der Waals surface area contributed by atoms with E-state index in [1.54, 1.807) is 13.0 Å². The van der Waals surface area contributed by atoms with Crippen LogP contribution in [0.15, 0.2) is 10.6 Å². The van der Waals surface area contributed by atoms with Crippen LogP contribution in [0.4, 0.5) is 5.82 Å². The summed E-state index contributed by atoms with van der Waals surface area (Å²) in [6.07, 6.45) is 3.52. The number of amides is 1. The molecule has 0 spiro atoms. The first-order valence-corrected chi connectivity index (χ1v) is 7.00. The van der Waals surface area contributed by atoms with Crippen LogP contribution in [0.1, 0.15) is 45.8 Å². The van der Waals surface area contributed by atoms with Gasteiger partial charge < -0.3 is 9.84 Å². The number of nitrogens with one attached hydrogen (secondary N) is 1. The van der Waals surface area contributed by atoms with Crippen molar-refractivity contribution in [2.75, 3.05) is 18.4 Å². The van der Waals surface area contributed by atoms with Gasteiger partial charge in [0, 0.05) is 12.1 Å². The Morgan fingerprint density at radius 3 is 2.74 bits per heavy atom. The number of unbranched alkanes of at least 4 members (excludes halogenated alkanes) is 2. The van der Waals surface area contributed by atoms with Gasteiger partial charge in [0.05, 0.1) is 6.54 Å². The predicted octanol–water partition coefficient (Wildman–Crippen LogP) is 2.82. The van der Waals surface area contributed by atoms with Crippen molar-refractivity contribution in [1.82, 2.24) is 10.1 Å². The Morgan fingerprint density at radius 2 is 2.21 bits per heavy atom. The second-order valence-electron chi connectivity index (χ2n) is 5.14. The van der Waals surface area contributed by atoms with E-state index in [1.807, 2.05) is 0 Å². The maximum absolute atomic E-state index is 11.9. The molecule has 0 unspecified atom stereocenters. The SMILES string of the molecule is CCCCCN(CC(=O)Nc1cc(C)on1)C(C)C. The molecule has 1 N–H and O–H groups in total. The van der Waals surface area contributed by atoms with Crippen LogP contribution in [0, 0.1) is 6.92 Å². The molecular weight excluding hydrogens is 242 g/mol. The lowest BCUT2D eigenvalue weighted by molar-refractivity contribution is -0.117. The highest BCUT2D eigenvalue weighted by molar-refractivity contribution is 5.91. The van der Waals surface area contributed by atoms with E-state index in [0.29, 0.717) is 24.2 Å². The fourth-order valence-electron chi connectivity index (χ4n) is 1.88. The lowest BCUT2D eigenvalue weighted by Gasteiger charge is -2.25. The largest absolute Gasteiger partial charge is 0.360 e. The van der Waals surface area contributed by atoms with Gasteiger partial charge in [-0.25, -0.2) is 0 Å². The third kappa shape index (κ3) is 5.87. The van der Waals surface area contributed by atoms with Crippen LogP contribution < -0.4 is 5.32 Å². The van der Waals surface area contributed by atoms with E-state index in [4.69, 9.17) is 4.52 Å². The fraction of sp³-hybridized carbons (Fsp3) is 0.714. The number of carbonyl (C=O) groups is 1. The van der Waals surface area contributed by atoms with Gasteiger partial charge in [-0.05, 0) is 33.7 Å². The zero-order chi connectivity index (χ0) is 14.3. The average molecular weight is 267 g/mol. The predicted molar refractivity (Wildman–Crippen MR) is 76.1 cm³/mol. The van der Waals surface area contributed by atoms with Gasteiger partial charge in [-0.2, -0.15) is 0 Å². The highest BCUT2D eigenvalue weighted by Gasteiger charge is 2.14. The van der Waals surface area contributed by atoms with Gasteiger partial charge in [0.1, 0.15) is 5.76 Å². The molecule has 5 nitrogen and oxygen atoms in total. The molecule has 0 saturated carbocycles. The van der Waals surface area contributed by atoms with Crippen molar-refractivity contribution >= 4 is 11.7 Å². The molecule has 1 amide bonds. The Kier molecular flexibility index (Phi) is 6.56. The van der Waals surface area contributed by atoms with Crippen LogP contribution >= 0.6 is 0 Å². The fourth-order valence-corrected chi connectivity index (χ4v) is 1.88. The molecule has 0 aliphatic rings. The first-order chi connectivity index (χ1) is 9.02. The van der Waals surface area contributed by atoms with E-state index in [2.05, 4.69) is 36.1 Å².